The van der Waals surface area contributed by atoms with E-state index in [1.165, 1.54) is 64.3 Å². The van der Waals surface area contributed by atoms with Gasteiger partial charge in [0.05, 0.1) is 13.1 Å². The summed E-state index contributed by atoms with van der Waals surface area (Å²) < 4.78 is 4.54. The van der Waals surface area contributed by atoms with E-state index in [-0.39, 0.29) is 0 Å². The maximum atomic E-state index is 2.31. The number of nitrogens with zero attached hydrogens (tertiary/aromatic N) is 2. The van der Waals surface area contributed by atoms with Gasteiger partial charge in [-0.3, -0.25) is 0 Å². The van der Waals surface area contributed by atoms with Gasteiger partial charge in [-0.1, -0.05) is 51.9 Å². The lowest BCUT2D eigenvalue weighted by atomic mass is 10.1. The zero-order valence-electron chi connectivity index (χ0n) is 12.4. The van der Waals surface area contributed by atoms with Gasteiger partial charge in [-0.2, -0.15) is 0 Å². The minimum atomic E-state index is 1.07. The van der Waals surface area contributed by atoms with Crippen LogP contribution >= 0.6 is 0 Å². The Kier molecular flexibility index (Phi) is 8.62. The molecule has 1 aromatic rings. The Balaban J connectivity index is 1.89. The summed E-state index contributed by atoms with van der Waals surface area (Å²) in [6.07, 6.45) is 19.2. The Labute approximate surface area is 113 Å². The molecule has 0 aliphatic heterocycles. The minimum absolute atomic E-state index is 1.07. The first-order chi connectivity index (χ1) is 8.86. The van der Waals surface area contributed by atoms with Crippen LogP contribution in [-0.2, 0) is 13.1 Å². The fraction of sp³-hybridized carbons (Fsp3) is 0.812. The van der Waals surface area contributed by atoms with Gasteiger partial charge in [0.25, 0.3) is 0 Å². The van der Waals surface area contributed by atoms with E-state index in [9.17, 15) is 0 Å². The molecule has 0 bridgehead atoms. The third-order valence-corrected chi connectivity index (χ3v) is 3.63. The molecule has 2 nitrogen and oxygen atoms in total. The van der Waals surface area contributed by atoms with Crippen molar-refractivity contribution in [1.82, 2.24) is 4.57 Å². The summed E-state index contributed by atoms with van der Waals surface area (Å²) in [5.41, 5.74) is 0. The summed E-state index contributed by atoms with van der Waals surface area (Å²) in [5, 5.41) is 0. The molecule has 1 rings (SSSR count). The Morgan fingerprint density at radius 3 is 2.00 bits per heavy atom. The van der Waals surface area contributed by atoms with Crippen molar-refractivity contribution >= 4 is 0 Å². The smallest absolute Gasteiger partial charge is 0.237 e. The van der Waals surface area contributed by atoms with Crippen molar-refractivity contribution in [2.45, 2.75) is 84.7 Å². The van der Waals surface area contributed by atoms with Crippen molar-refractivity contribution in [3.63, 3.8) is 0 Å². The van der Waals surface area contributed by atoms with Gasteiger partial charge >= 0.3 is 0 Å². The molecule has 0 saturated heterocycles. The lowest BCUT2D eigenvalue weighted by Crippen LogP contribution is -2.30. The Hall–Kier alpha value is -0.790. The number of imidazole rings is 1. The number of hydrogen-bond acceptors (Lipinski definition) is 0. The van der Waals surface area contributed by atoms with Crippen molar-refractivity contribution < 1.29 is 4.57 Å². The average Bonchev–Trinajstić information content (AvgIpc) is 2.85. The molecule has 0 aromatic carbocycles. The predicted molar refractivity (Wildman–Crippen MR) is 77.5 cm³/mol. The van der Waals surface area contributed by atoms with Crippen molar-refractivity contribution in [2.75, 3.05) is 0 Å². The molecule has 2 heteroatoms. The van der Waals surface area contributed by atoms with Crippen molar-refractivity contribution in [3.05, 3.63) is 18.7 Å². The van der Waals surface area contributed by atoms with Gasteiger partial charge < -0.3 is 0 Å². The molecule has 1 heterocycles. The van der Waals surface area contributed by atoms with Crippen LogP contribution < -0.4 is 4.57 Å². The topological polar surface area (TPSA) is 8.81 Å². The molecule has 0 spiro atoms. The third kappa shape index (κ3) is 6.83. The summed E-state index contributed by atoms with van der Waals surface area (Å²) in [7, 11) is 0. The summed E-state index contributed by atoms with van der Waals surface area (Å²) >= 11 is 0. The molecule has 104 valence electrons. The van der Waals surface area contributed by atoms with Crippen LogP contribution in [0.3, 0.4) is 0 Å². The molecule has 18 heavy (non-hydrogen) atoms. The van der Waals surface area contributed by atoms with E-state index >= 15 is 0 Å². The second-order valence-electron chi connectivity index (χ2n) is 5.31. The zero-order valence-corrected chi connectivity index (χ0v) is 12.4. The predicted octanol–water partition coefficient (Wildman–Crippen LogP) is 4.33. The second kappa shape index (κ2) is 10.2. The molecule has 0 aliphatic rings. The molecule has 0 unspecified atom stereocenters. The van der Waals surface area contributed by atoms with Crippen LogP contribution in [0.5, 0.6) is 0 Å². The first kappa shape index (κ1) is 15.3. The Morgan fingerprint density at radius 1 is 0.833 bits per heavy atom. The van der Waals surface area contributed by atoms with Crippen molar-refractivity contribution in [1.29, 1.82) is 0 Å². The maximum absolute atomic E-state index is 2.31. The van der Waals surface area contributed by atoms with Crippen LogP contribution in [0.4, 0.5) is 0 Å². The molecule has 0 aliphatic carbocycles. The molecular formula is C16H31N2+. The molecule has 1 aromatic heterocycles. The fourth-order valence-corrected chi connectivity index (χ4v) is 2.36. The molecule has 0 atom stereocenters. The van der Waals surface area contributed by atoms with Crippen LogP contribution in [-0.4, -0.2) is 4.57 Å². The Morgan fingerprint density at radius 2 is 1.44 bits per heavy atom. The minimum Gasteiger partial charge on any atom is -0.237 e. The summed E-state index contributed by atoms with van der Waals surface area (Å²) in [6, 6.07) is 0. The first-order valence-electron chi connectivity index (χ1n) is 7.91. The summed E-state index contributed by atoms with van der Waals surface area (Å²) in [5.74, 6) is 0. The van der Waals surface area contributed by atoms with Gasteiger partial charge in [-0.15, -0.1) is 0 Å². The monoisotopic (exact) mass is 251 g/mol. The SMILES string of the molecule is CCCCCCCCCCC[n+]1ccn(CC)c1. The number of aryl methyl sites for hydroxylation is 2. The number of hydrogen-bond donors (Lipinski definition) is 0. The molecule has 0 fully saturated rings. The van der Waals surface area contributed by atoms with Crippen molar-refractivity contribution in [3.8, 4) is 0 Å². The molecular weight excluding hydrogens is 220 g/mol. The van der Waals surface area contributed by atoms with Crippen LogP contribution in [0.1, 0.15) is 71.6 Å². The highest BCUT2D eigenvalue weighted by atomic mass is 15.1. The second-order valence-corrected chi connectivity index (χ2v) is 5.31. The normalized spacial score (nSPS) is 11.0. The Bertz CT molecular complexity index is 291. The van der Waals surface area contributed by atoms with Crippen LogP contribution in [0.25, 0.3) is 0 Å². The quantitative estimate of drug-likeness (QED) is 0.409. The van der Waals surface area contributed by atoms with E-state index in [2.05, 4.69) is 41.7 Å². The fourth-order valence-electron chi connectivity index (χ4n) is 2.36. The van der Waals surface area contributed by atoms with E-state index < -0.39 is 0 Å². The van der Waals surface area contributed by atoms with Crippen LogP contribution in [0, 0.1) is 0 Å². The molecule has 0 N–H and O–H groups in total. The maximum Gasteiger partial charge on any atom is 0.243 e. The van der Waals surface area contributed by atoms with E-state index in [0.29, 0.717) is 0 Å². The lowest BCUT2D eigenvalue weighted by Gasteiger charge is -2.01. The molecule has 0 amide bonds. The van der Waals surface area contributed by atoms with Gasteiger partial charge in [0.15, 0.2) is 0 Å². The lowest BCUT2D eigenvalue weighted by molar-refractivity contribution is -0.696. The van der Waals surface area contributed by atoms with E-state index in [4.69, 9.17) is 0 Å². The van der Waals surface area contributed by atoms with Gasteiger partial charge in [-0.05, 0) is 19.8 Å². The average molecular weight is 251 g/mol. The number of unbranched alkanes of at least 4 members (excludes halogenated alkanes) is 8. The highest BCUT2D eigenvalue weighted by Crippen LogP contribution is 2.09. The summed E-state index contributed by atoms with van der Waals surface area (Å²) in [4.78, 5) is 0. The molecule has 0 saturated carbocycles. The molecule has 0 radical (unpaired) electrons. The first-order valence-corrected chi connectivity index (χ1v) is 7.91. The van der Waals surface area contributed by atoms with E-state index in [1.54, 1.807) is 0 Å². The number of aromatic nitrogens is 2. The van der Waals surface area contributed by atoms with Gasteiger partial charge in [0.2, 0.25) is 6.33 Å². The standard InChI is InChI=1S/C16H31N2/c1-3-5-6-7-8-9-10-11-12-13-18-15-14-17(4-2)16-18/h14-16H,3-13H2,1-2H3/q+1. The highest BCUT2D eigenvalue weighted by molar-refractivity contribution is 4.64. The van der Waals surface area contributed by atoms with Gasteiger partial charge in [0, 0.05) is 0 Å². The van der Waals surface area contributed by atoms with E-state index in [1.807, 2.05) is 0 Å². The van der Waals surface area contributed by atoms with Crippen molar-refractivity contribution in [2.24, 2.45) is 0 Å². The van der Waals surface area contributed by atoms with Gasteiger partial charge in [0.1, 0.15) is 12.4 Å². The number of rotatable bonds is 11. The third-order valence-electron chi connectivity index (χ3n) is 3.63. The highest BCUT2D eigenvalue weighted by Gasteiger charge is 2.00. The van der Waals surface area contributed by atoms with Gasteiger partial charge in [-0.25, -0.2) is 9.13 Å². The van der Waals surface area contributed by atoms with Crippen LogP contribution in [0.2, 0.25) is 0 Å². The zero-order chi connectivity index (χ0) is 13.1. The largest absolute Gasteiger partial charge is 0.243 e. The summed E-state index contributed by atoms with van der Waals surface area (Å²) in [6.45, 7) is 6.72. The van der Waals surface area contributed by atoms with E-state index in [0.717, 1.165) is 6.54 Å². The van der Waals surface area contributed by atoms with Crippen LogP contribution in [0.15, 0.2) is 18.7 Å².